The smallest absolute Gasteiger partial charge is 0.262 e. The van der Waals surface area contributed by atoms with Gasteiger partial charge in [0.2, 0.25) is 5.88 Å². The van der Waals surface area contributed by atoms with Gasteiger partial charge in [0, 0.05) is 17.3 Å². The van der Waals surface area contributed by atoms with E-state index < -0.39 is 0 Å². The van der Waals surface area contributed by atoms with Crippen LogP contribution in [0.5, 0.6) is 5.88 Å². The lowest BCUT2D eigenvalue weighted by Gasteiger charge is -2.09. The van der Waals surface area contributed by atoms with Crippen LogP contribution in [0, 0.1) is 20.8 Å². The highest BCUT2D eigenvalue weighted by atomic mass is 16.5. The fourth-order valence-electron chi connectivity index (χ4n) is 4.06. The molecule has 0 unspecified atom stereocenters. The molecule has 6 nitrogen and oxygen atoms in total. The van der Waals surface area contributed by atoms with Crippen molar-refractivity contribution in [3.63, 3.8) is 0 Å². The molecule has 174 valence electrons. The highest BCUT2D eigenvalue weighted by Crippen LogP contribution is 2.33. The summed E-state index contributed by atoms with van der Waals surface area (Å²) >= 11 is 0. The molecule has 0 aliphatic carbocycles. The molecule has 1 N–H and O–H groups in total. The van der Waals surface area contributed by atoms with Gasteiger partial charge in [-0.3, -0.25) is 4.79 Å². The number of nitrogens with zero attached hydrogens (tertiary/aromatic N) is 3. The number of anilines is 1. The molecule has 5 rings (SSSR count). The van der Waals surface area contributed by atoms with Gasteiger partial charge in [0.05, 0.1) is 11.1 Å². The Morgan fingerprint density at radius 2 is 1.66 bits per heavy atom. The number of rotatable bonds is 6. The maximum absolute atomic E-state index is 12.4. The van der Waals surface area contributed by atoms with Crippen molar-refractivity contribution in [2.24, 2.45) is 0 Å². The van der Waals surface area contributed by atoms with Gasteiger partial charge in [-0.2, -0.15) is 10.1 Å². The molecule has 0 radical (unpaired) electrons. The molecule has 35 heavy (non-hydrogen) atoms. The number of para-hydroxylation sites is 1. The molecule has 0 spiro atoms. The molecule has 0 saturated heterocycles. The Hall–Kier alpha value is -4.45. The Bertz CT molecular complexity index is 1510. The van der Waals surface area contributed by atoms with Crippen molar-refractivity contribution in [1.29, 1.82) is 0 Å². The van der Waals surface area contributed by atoms with Gasteiger partial charge in [-0.1, -0.05) is 59.7 Å². The van der Waals surface area contributed by atoms with Crippen molar-refractivity contribution in [1.82, 2.24) is 14.8 Å². The van der Waals surface area contributed by atoms with Crippen molar-refractivity contribution in [3.05, 3.63) is 102 Å². The molecule has 2 heterocycles. The summed E-state index contributed by atoms with van der Waals surface area (Å²) < 4.78 is 7.65. The lowest BCUT2D eigenvalue weighted by molar-refractivity contribution is -0.118. The first-order chi connectivity index (χ1) is 17.0. The normalized spacial score (nSPS) is 10.9. The van der Waals surface area contributed by atoms with Crippen LogP contribution in [0.3, 0.4) is 0 Å². The van der Waals surface area contributed by atoms with E-state index in [4.69, 9.17) is 14.8 Å². The van der Waals surface area contributed by atoms with Crippen molar-refractivity contribution >= 4 is 22.6 Å². The maximum atomic E-state index is 12.4. The lowest BCUT2D eigenvalue weighted by Crippen LogP contribution is -2.20. The number of hydrogen-bond acceptors (Lipinski definition) is 4. The van der Waals surface area contributed by atoms with Crippen molar-refractivity contribution in [2.75, 3.05) is 11.9 Å². The minimum Gasteiger partial charge on any atom is -0.467 e. The fourth-order valence-corrected chi connectivity index (χ4v) is 4.06. The molecule has 6 heteroatoms. The number of benzene rings is 3. The first kappa shape index (κ1) is 22.3. The van der Waals surface area contributed by atoms with Crippen LogP contribution in [0.1, 0.15) is 16.7 Å². The van der Waals surface area contributed by atoms with Crippen LogP contribution in [0.2, 0.25) is 0 Å². The molecular formula is C29H26N4O2. The quantitative estimate of drug-likeness (QED) is 0.334. The standard InChI is InChI=1S/C29H26N4O2/c1-19-12-14-23(15-13-19)30-25(34)18-35-26-17-21(3)27-28(22-9-7-8-20(2)16-22)32-33(29(27)31-26)24-10-5-4-6-11-24/h4-17H,18H2,1-3H3,(H,30,34). The number of hydrogen-bond donors (Lipinski definition) is 1. The second-order valence-corrected chi connectivity index (χ2v) is 8.64. The van der Waals surface area contributed by atoms with E-state index in [1.165, 1.54) is 0 Å². The number of carbonyl (C=O) groups is 1. The van der Waals surface area contributed by atoms with Crippen molar-refractivity contribution in [2.45, 2.75) is 20.8 Å². The molecule has 0 atom stereocenters. The van der Waals surface area contributed by atoms with Gasteiger partial charge in [0.25, 0.3) is 5.91 Å². The molecular weight excluding hydrogens is 436 g/mol. The summed E-state index contributed by atoms with van der Waals surface area (Å²) in [6, 6.07) is 27.7. The number of aryl methyl sites for hydroxylation is 3. The largest absolute Gasteiger partial charge is 0.467 e. The van der Waals surface area contributed by atoms with Crippen LogP contribution in [0.4, 0.5) is 5.69 Å². The highest BCUT2D eigenvalue weighted by molar-refractivity contribution is 5.95. The molecule has 0 aliphatic rings. The topological polar surface area (TPSA) is 69.0 Å². The predicted molar refractivity (Wildman–Crippen MR) is 139 cm³/mol. The van der Waals surface area contributed by atoms with Crippen LogP contribution < -0.4 is 10.1 Å². The SMILES string of the molecule is Cc1ccc(NC(=O)COc2cc(C)c3c(-c4cccc(C)c4)nn(-c4ccccc4)c3n2)cc1. The second-order valence-electron chi connectivity index (χ2n) is 8.64. The third kappa shape index (κ3) is 4.77. The maximum Gasteiger partial charge on any atom is 0.262 e. The monoisotopic (exact) mass is 462 g/mol. The number of nitrogens with one attached hydrogen (secondary N) is 1. The van der Waals surface area contributed by atoms with Gasteiger partial charge in [-0.25, -0.2) is 4.68 Å². The zero-order valence-corrected chi connectivity index (χ0v) is 19.9. The minimum absolute atomic E-state index is 0.143. The average Bonchev–Trinajstić information content (AvgIpc) is 3.25. The summed E-state index contributed by atoms with van der Waals surface area (Å²) in [4.78, 5) is 17.2. The van der Waals surface area contributed by atoms with E-state index in [-0.39, 0.29) is 12.5 Å². The Morgan fingerprint density at radius 1 is 0.886 bits per heavy atom. The number of carbonyl (C=O) groups excluding carboxylic acids is 1. The lowest BCUT2D eigenvalue weighted by atomic mass is 10.0. The third-order valence-corrected chi connectivity index (χ3v) is 5.79. The number of fused-ring (bicyclic) bond motifs is 1. The molecule has 5 aromatic rings. The summed E-state index contributed by atoms with van der Waals surface area (Å²) in [5.41, 5.74) is 7.47. The third-order valence-electron chi connectivity index (χ3n) is 5.79. The Kier molecular flexibility index (Phi) is 6.02. The van der Waals surface area contributed by atoms with E-state index in [2.05, 4.69) is 30.4 Å². The van der Waals surface area contributed by atoms with E-state index in [1.807, 2.05) is 85.3 Å². The highest BCUT2D eigenvalue weighted by Gasteiger charge is 2.19. The second kappa shape index (κ2) is 9.43. The van der Waals surface area contributed by atoms with Gasteiger partial charge in [-0.05, 0) is 56.7 Å². The van der Waals surface area contributed by atoms with E-state index in [0.717, 1.165) is 44.7 Å². The van der Waals surface area contributed by atoms with E-state index in [9.17, 15) is 4.79 Å². The van der Waals surface area contributed by atoms with Crippen LogP contribution >= 0.6 is 0 Å². The first-order valence-corrected chi connectivity index (χ1v) is 11.5. The van der Waals surface area contributed by atoms with Gasteiger partial charge in [0.15, 0.2) is 12.3 Å². The zero-order chi connectivity index (χ0) is 24.4. The Morgan fingerprint density at radius 3 is 2.40 bits per heavy atom. The predicted octanol–water partition coefficient (Wildman–Crippen LogP) is 6.03. The summed E-state index contributed by atoms with van der Waals surface area (Å²) in [5.74, 6) is 0.132. The summed E-state index contributed by atoms with van der Waals surface area (Å²) in [7, 11) is 0. The summed E-state index contributed by atoms with van der Waals surface area (Å²) in [6.07, 6.45) is 0. The van der Waals surface area contributed by atoms with Gasteiger partial charge < -0.3 is 10.1 Å². The summed E-state index contributed by atoms with van der Waals surface area (Å²) in [5, 5.41) is 8.75. The van der Waals surface area contributed by atoms with Crippen LogP contribution in [0.25, 0.3) is 28.0 Å². The molecule has 3 aromatic carbocycles. The van der Waals surface area contributed by atoms with Crippen molar-refractivity contribution in [3.8, 4) is 22.8 Å². The molecule has 0 bridgehead atoms. The minimum atomic E-state index is -0.245. The van der Waals surface area contributed by atoms with Crippen LogP contribution in [-0.4, -0.2) is 27.3 Å². The molecule has 0 aliphatic heterocycles. The number of pyridine rings is 1. The molecule has 1 amide bonds. The Balaban J connectivity index is 1.50. The summed E-state index contributed by atoms with van der Waals surface area (Å²) in [6.45, 7) is 5.94. The number of aromatic nitrogens is 3. The molecule has 0 fully saturated rings. The Labute approximate surface area is 204 Å². The number of amides is 1. The van der Waals surface area contributed by atoms with Crippen LogP contribution in [0.15, 0.2) is 84.9 Å². The molecule has 2 aromatic heterocycles. The van der Waals surface area contributed by atoms with Gasteiger partial charge in [-0.15, -0.1) is 0 Å². The first-order valence-electron chi connectivity index (χ1n) is 11.5. The van der Waals surface area contributed by atoms with E-state index in [1.54, 1.807) is 0 Å². The van der Waals surface area contributed by atoms with Gasteiger partial charge in [0.1, 0.15) is 5.69 Å². The van der Waals surface area contributed by atoms with Crippen molar-refractivity contribution < 1.29 is 9.53 Å². The van der Waals surface area contributed by atoms with Gasteiger partial charge >= 0.3 is 0 Å². The fraction of sp³-hybridized carbons (Fsp3) is 0.138. The average molecular weight is 463 g/mol. The van der Waals surface area contributed by atoms with E-state index >= 15 is 0 Å². The van der Waals surface area contributed by atoms with E-state index in [0.29, 0.717) is 11.5 Å². The zero-order valence-electron chi connectivity index (χ0n) is 19.9. The molecule has 0 saturated carbocycles. The van der Waals surface area contributed by atoms with Crippen LogP contribution in [-0.2, 0) is 4.79 Å². The number of ether oxygens (including phenoxy) is 1.